The van der Waals surface area contributed by atoms with Crippen molar-refractivity contribution >= 4 is 34.5 Å². The zero-order valence-corrected chi connectivity index (χ0v) is 15.8. The highest BCUT2D eigenvalue weighted by atomic mass is 32.1. The van der Waals surface area contributed by atoms with Crippen LogP contribution in [0, 0.1) is 5.82 Å². The predicted molar refractivity (Wildman–Crippen MR) is 108 cm³/mol. The average molecular weight is 395 g/mol. The minimum atomic E-state index is -0.316. The Labute approximate surface area is 165 Å². The van der Waals surface area contributed by atoms with Crippen LogP contribution in [-0.4, -0.2) is 23.3 Å². The Morgan fingerprint density at radius 3 is 2.86 bits per heavy atom. The van der Waals surface area contributed by atoms with Gasteiger partial charge in [-0.15, -0.1) is 11.3 Å². The monoisotopic (exact) mass is 395 g/mol. The number of rotatable bonds is 5. The van der Waals surface area contributed by atoms with Gasteiger partial charge in [0.2, 0.25) is 11.8 Å². The molecule has 142 valence electrons. The van der Waals surface area contributed by atoms with Crippen molar-refractivity contribution < 1.29 is 14.0 Å². The van der Waals surface area contributed by atoms with Crippen LogP contribution in [0.5, 0.6) is 0 Å². The number of hydrogen-bond donors (Lipinski definition) is 1. The molecular formula is C21H18FN3O2S. The third-order valence-electron chi connectivity index (χ3n) is 4.48. The molecular weight excluding hydrogens is 377 g/mol. The molecule has 4 rings (SSSR count). The lowest BCUT2D eigenvalue weighted by atomic mass is 10.2. The number of thiazole rings is 1. The van der Waals surface area contributed by atoms with E-state index < -0.39 is 0 Å². The third-order valence-corrected chi connectivity index (χ3v) is 5.42. The lowest BCUT2D eigenvalue weighted by molar-refractivity contribution is -0.117. The van der Waals surface area contributed by atoms with Gasteiger partial charge in [0.25, 0.3) is 0 Å². The molecule has 1 aliphatic rings. The first-order valence-electron chi connectivity index (χ1n) is 8.99. The maximum absolute atomic E-state index is 13.4. The summed E-state index contributed by atoms with van der Waals surface area (Å²) in [6, 6.07) is 13.5. The highest BCUT2D eigenvalue weighted by molar-refractivity contribution is 7.13. The molecule has 1 saturated heterocycles. The van der Waals surface area contributed by atoms with Crippen molar-refractivity contribution in [1.82, 2.24) is 4.98 Å². The second-order valence-corrected chi connectivity index (χ2v) is 7.44. The molecule has 5 nitrogen and oxygen atoms in total. The van der Waals surface area contributed by atoms with Gasteiger partial charge >= 0.3 is 0 Å². The van der Waals surface area contributed by atoms with Gasteiger partial charge in [-0.05, 0) is 36.8 Å². The fourth-order valence-electron chi connectivity index (χ4n) is 3.18. The summed E-state index contributed by atoms with van der Waals surface area (Å²) in [5.41, 5.74) is 2.76. The molecule has 1 aromatic heterocycles. The van der Waals surface area contributed by atoms with Gasteiger partial charge in [0.1, 0.15) is 10.8 Å². The molecule has 1 N–H and O–H groups in total. The summed E-state index contributed by atoms with van der Waals surface area (Å²) in [7, 11) is 0. The van der Waals surface area contributed by atoms with Crippen LogP contribution in [0.3, 0.4) is 0 Å². The number of anilines is 2. The molecule has 0 aliphatic carbocycles. The maximum atomic E-state index is 13.4. The number of nitrogens with one attached hydrogen (secondary N) is 1. The molecule has 1 aliphatic heterocycles. The molecule has 2 aromatic carbocycles. The molecule has 0 spiro atoms. The molecule has 2 amide bonds. The Morgan fingerprint density at radius 1 is 1.21 bits per heavy atom. The van der Waals surface area contributed by atoms with Gasteiger partial charge in [-0.3, -0.25) is 9.59 Å². The fraction of sp³-hybridized carbons (Fsp3) is 0.190. The zero-order chi connectivity index (χ0) is 19.5. The Bertz CT molecular complexity index is 1030. The lowest BCUT2D eigenvalue weighted by Crippen LogP contribution is -2.23. The van der Waals surface area contributed by atoms with Crippen molar-refractivity contribution in [3.8, 4) is 10.6 Å². The van der Waals surface area contributed by atoms with Crippen molar-refractivity contribution in [3.63, 3.8) is 0 Å². The summed E-state index contributed by atoms with van der Waals surface area (Å²) in [5.74, 6) is -0.403. The molecule has 1 fully saturated rings. The lowest BCUT2D eigenvalue weighted by Gasteiger charge is -2.16. The van der Waals surface area contributed by atoms with E-state index in [4.69, 9.17) is 0 Å². The van der Waals surface area contributed by atoms with Gasteiger partial charge in [0, 0.05) is 35.3 Å². The first kappa shape index (κ1) is 18.3. The number of amides is 2. The predicted octanol–water partition coefficient (Wildman–Crippen LogP) is 4.26. The normalized spacial score (nSPS) is 13.8. The van der Waals surface area contributed by atoms with Gasteiger partial charge in [0.15, 0.2) is 0 Å². The van der Waals surface area contributed by atoms with Gasteiger partial charge in [-0.25, -0.2) is 9.37 Å². The number of nitrogens with zero attached hydrogens (tertiary/aromatic N) is 2. The molecule has 2 heterocycles. The average Bonchev–Trinajstić information content (AvgIpc) is 3.31. The highest BCUT2D eigenvalue weighted by Gasteiger charge is 2.21. The first-order valence-corrected chi connectivity index (χ1v) is 9.87. The number of halogens is 1. The van der Waals surface area contributed by atoms with E-state index >= 15 is 0 Å². The summed E-state index contributed by atoms with van der Waals surface area (Å²) < 4.78 is 13.4. The molecule has 0 bridgehead atoms. The molecule has 3 aromatic rings. The van der Waals surface area contributed by atoms with E-state index in [2.05, 4.69) is 10.3 Å². The van der Waals surface area contributed by atoms with Crippen LogP contribution in [0.15, 0.2) is 53.9 Å². The number of aromatic nitrogens is 1. The number of carbonyl (C=O) groups is 2. The van der Waals surface area contributed by atoms with Crippen LogP contribution in [-0.2, 0) is 16.0 Å². The molecule has 28 heavy (non-hydrogen) atoms. The van der Waals surface area contributed by atoms with Crippen molar-refractivity contribution in [2.75, 3.05) is 16.8 Å². The van der Waals surface area contributed by atoms with E-state index in [1.54, 1.807) is 34.5 Å². The van der Waals surface area contributed by atoms with Crippen molar-refractivity contribution in [2.45, 2.75) is 19.3 Å². The van der Waals surface area contributed by atoms with Crippen molar-refractivity contribution in [3.05, 3.63) is 65.4 Å². The minimum absolute atomic E-state index is 0.107. The van der Waals surface area contributed by atoms with Gasteiger partial charge in [-0.1, -0.05) is 18.2 Å². The van der Waals surface area contributed by atoms with E-state index in [0.29, 0.717) is 34.9 Å². The van der Waals surface area contributed by atoms with E-state index in [0.717, 1.165) is 12.1 Å². The van der Waals surface area contributed by atoms with E-state index in [-0.39, 0.29) is 24.1 Å². The number of hydrogen-bond acceptors (Lipinski definition) is 4. The smallest absolute Gasteiger partial charge is 0.230 e. The Balaban J connectivity index is 1.42. The molecule has 7 heteroatoms. The highest BCUT2D eigenvalue weighted by Crippen LogP contribution is 2.26. The van der Waals surface area contributed by atoms with Crippen LogP contribution in [0.4, 0.5) is 15.8 Å². The summed E-state index contributed by atoms with van der Waals surface area (Å²) in [6.45, 7) is 0.706. The van der Waals surface area contributed by atoms with Gasteiger partial charge in [-0.2, -0.15) is 0 Å². The van der Waals surface area contributed by atoms with E-state index in [9.17, 15) is 14.0 Å². The Hall–Kier alpha value is -3.06. The SMILES string of the molecule is O=C(Cc1csc(-c2cccc(F)c2)n1)Nc1cccc(N2CCCC2=O)c1. The van der Waals surface area contributed by atoms with Crippen molar-refractivity contribution in [1.29, 1.82) is 0 Å². The second kappa shape index (κ2) is 7.90. The van der Waals surface area contributed by atoms with Crippen LogP contribution >= 0.6 is 11.3 Å². The topological polar surface area (TPSA) is 62.3 Å². The van der Waals surface area contributed by atoms with Crippen molar-refractivity contribution in [2.24, 2.45) is 0 Å². The van der Waals surface area contributed by atoms with Crippen LogP contribution in [0.2, 0.25) is 0 Å². The molecule has 0 atom stereocenters. The maximum Gasteiger partial charge on any atom is 0.230 e. The number of benzene rings is 2. The second-order valence-electron chi connectivity index (χ2n) is 6.58. The first-order chi connectivity index (χ1) is 13.6. The van der Waals surface area contributed by atoms with Crippen LogP contribution in [0.25, 0.3) is 10.6 Å². The number of carbonyl (C=O) groups excluding carboxylic acids is 2. The van der Waals surface area contributed by atoms with Gasteiger partial charge in [0.05, 0.1) is 12.1 Å². The standard InChI is InChI=1S/C21H18FN3O2S/c22-15-5-1-4-14(10-15)21-24-17(13-28-21)12-19(26)23-16-6-2-7-18(11-16)25-9-3-8-20(25)27/h1-2,4-7,10-11,13H,3,8-9,12H2,(H,23,26). The summed E-state index contributed by atoms with van der Waals surface area (Å²) in [6.07, 6.45) is 1.54. The van der Waals surface area contributed by atoms with Crippen LogP contribution in [0.1, 0.15) is 18.5 Å². The summed E-state index contributed by atoms with van der Waals surface area (Å²) >= 11 is 1.38. The molecule has 0 saturated carbocycles. The quantitative estimate of drug-likeness (QED) is 0.702. The Morgan fingerprint density at radius 2 is 2.07 bits per heavy atom. The summed E-state index contributed by atoms with van der Waals surface area (Å²) in [5, 5.41) is 5.34. The van der Waals surface area contributed by atoms with E-state index in [1.165, 1.54) is 23.5 Å². The molecule has 0 radical (unpaired) electrons. The van der Waals surface area contributed by atoms with E-state index in [1.807, 2.05) is 12.1 Å². The largest absolute Gasteiger partial charge is 0.326 e. The summed E-state index contributed by atoms with van der Waals surface area (Å²) in [4.78, 5) is 30.5. The van der Waals surface area contributed by atoms with Crippen LogP contribution < -0.4 is 10.2 Å². The third kappa shape index (κ3) is 4.09. The molecule has 0 unspecified atom stereocenters. The minimum Gasteiger partial charge on any atom is -0.326 e. The Kier molecular flexibility index (Phi) is 5.16. The van der Waals surface area contributed by atoms with Gasteiger partial charge < -0.3 is 10.2 Å². The fourth-order valence-corrected chi connectivity index (χ4v) is 4.00. The zero-order valence-electron chi connectivity index (χ0n) is 15.0.